The summed E-state index contributed by atoms with van der Waals surface area (Å²) in [6.07, 6.45) is 1.51. The summed E-state index contributed by atoms with van der Waals surface area (Å²) < 4.78 is 18.3. The molecule has 1 aromatic carbocycles. The lowest BCUT2D eigenvalue weighted by atomic mass is 10.1. The molecule has 0 saturated carbocycles. The van der Waals surface area contributed by atoms with Gasteiger partial charge in [-0.1, -0.05) is 25.5 Å². The number of aryl methyl sites for hydroxylation is 1. The molecule has 1 atom stereocenters. The third kappa shape index (κ3) is 4.14. The van der Waals surface area contributed by atoms with Crippen LogP contribution >= 0.6 is 0 Å². The second-order valence-electron chi connectivity index (χ2n) is 5.01. The molecule has 1 aromatic heterocycles. The van der Waals surface area contributed by atoms with E-state index in [4.69, 9.17) is 4.74 Å². The highest BCUT2D eigenvalue weighted by Crippen LogP contribution is 2.16. The summed E-state index contributed by atoms with van der Waals surface area (Å²) >= 11 is 0. The smallest absolute Gasteiger partial charge is 0.271 e. The summed E-state index contributed by atoms with van der Waals surface area (Å²) in [5.41, 5.74) is 2.10. The normalized spacial score (nSPS) is 12.1. The van der Waals surface area contributed by atoms with Crippen LogP contribution in [0.15, 0.2) is 30.3 Å². The molecule has 6 heteroatoms. The quantitative estimate of drug-likeness (QED) is 0.826. The Morgan fingerprint density at radius 2 is 2.14 bits per heavy atom. The van der Waals surface area contributed by atoms with Gasteiger partial charge in [0.1, 0.15) is 11.5 Å². The Kier molecular flexibility index (Phi) is 5.66. The van der Waals surface area contributed by atoms with Crippen molar-refractivity contribution in [2.24, 2.45) is 0 Å². The van der Waals surface area contributed by atoms with Crippen LogP contribution in [0.3, 0.4) is 0 Å². The molecule has 0 aliphatic heterocycles. The molecule has 0 spiro atoms. The zero-order valence-corrected chi connectivity index (χ0v) is 12.7. The molecule has 2 N–H and O–H groups in total. The van der Waals surface area contributed by atoms with Crippen LogP contribution < -0.4 is 5.32 Å². The largest absolute Gasteiger partial charge is 0.375 e. The lowest BCUT2D eigenvalue weighted by Gasteiger charge is -2.16. The fourth-order valence-corrected chi connectivity index (χ4v) is 2.17. The highest BCUT2D eigenvalue weighted by Gasteiger charge is 2.15. The van der Waals surface area contributed by atoms with Crippen molar-refractivity contribution >= 4 is 5.91 Å². The lowest BCUT2D eigenvalue weighted by molar-refractivity contribution is 0.0824. The molecule has 2 rings (SSSR count). The van der Waals surface area contributed by atoms with Crippen LogP contribution in [0.1, 0.15) is 41.2 Å². The summed E-state index contributed by atoms with van der Waals surface area (Å²) in [4.78, 5) is 12.1. The van der Waals surface area contributed by atoms with E-state index in [2.05, 4.69) is 22.4 Å². The molecule has 0 aliphatic rings. The SMILES string of the molecule is CCCc1cc(C(=O)NCC(OC)c2ccc(F)cc2)n[nH]1. The molecule has 0 radical (unpaired) electrons. The lowest BCUT2D eigenvalue weighted by Crippen LogP contribution is -2.29. The first-order chi connectivity index (χ1) is 10.6. The number of ether oxygens (including phenoxy) is 1. The topological polar surface area (TPSA) is 67.0 Å². The van der Waals surface area contributed by atoms with E-state index in [9.17, 15) is 9.18 Å². The minimum absolute atomic E-state index is 0.261. The minimum atomic E-state index is -0.335. The standard InChI is InChI=1S/C16H20FN3O2/c1-3-4-13-9-14(20-19-13)16(21)18-10-15(22-2)11-5-7-12(17)8-6-11/h5-9,15H,3-4,10H2,1-2H3,(H,18,21)(H,19,20). The molecule has 1 unspecified atom stereocenters. The Morgan fingerprint density at radius 1 is 1.41 bits per heavy atom. The van der Waals surface area contributed by atoms with Crippen LogP contribution in [0.4, 0.5) is 4.39 Å². The third-order valence-electron chi connectivity index (χ3n) is 3.36. The molecule has 22 heavy (non-hydrogen) atoms. The van der Waals surface area contributed by atoms with Gasteiger partial charge in [0, 0.05) is 19.3 Å². The van der Waals surface area contributed by atoms with E-state index in [1.807, 2.05) is 0 Å². The number of hydrogen-bond donors (Lipinski definition) is 2. The fourth-order valence-electron chi connectivity index (χ4n) is 2.17. The van der Waals surface area contributed by atoms with Gasteiger partial charge in [0.25, 0.3) is 5.91 Å². The van der Waals surface area contributed by atoms with Gasteiger partial charge in [-0.25, -0.2) is 4.39 Å². The Hall–Kier alpha value is -2.21. The molecule has 0 bridgehead atoms. The molecule has 0 fully saturated rings. The fraction of sp³-hybridized carbons (Fsp3) is 0.375. The van der Waals surface area contributed by atoms with Crippen LogP contribution in [0.5, 0.6) is 0 Å². The Bertz CT molecular complexity index is 610. The van der Waals surface area contributed by atoms with Crippen molar-refractivity contribution in [1.29, 1.82) is 0 Å². The number of rotatable bonds is 7. The average molecular weight is 305 g/mol. The number of H-pyrrole nitrogens is 1. The van der Waals surface area contributed by atoms with E-state index in [1.54, 1.807) is 25.3 Å². The molecule has 118 valence electrons. The van der Waals surface area contributed by atoms with Gasteiger partial charge in [0.15, 0.2) is 0 Å². The van der Waals surface area contributed by atoms with E-state index in [-0.39, 0.29) is 24.4 Å². The van der Waals surface area contributed by atoms with Gasteiger partial charge in [-0.2, -0.15) is 5.10 Å². The zero-order chi connectivity index (χ0) is 15.9. The summed E-state index contributed by atoms with van der Waals surface area (Å²) in [5.74, 6) is -0.564. The number of amides is 1. The molecule has 1 heterocycles. The number of benzene rings is 1. The predicted octanol–water partition coefficient (Wildman–Crippen LogP) is 2.62. The average Bonchev–Trinajstić information content (AvgIpc) is 2.98. The first-order valence-electron chi connectivity index (χ1n) is 7.24. The summed E-state index contributed by atoms with van der Waals surface area (Å²) in [6, 6.07) is 7.77. The number of hydrogen-bond acceptors (Lipinski definition) is 3. The maximum absolute atomic E-state index is 12.9. The van der Waals surface area contributed by atoms with Crippen molar-refractivity contribution in [3.05, 3.63) is 53.1 Å². The number of aromatic amines is 1. The highest BCUT2D eigenvalue weighted by atomic mass is 19.1. The third-order valence-corrected chi connectivity index (χ3v) is 3.36. The van der Waals surface area contributed by atoms with Gasteiger partial charge in [-0.05, 0) is 30.2 Å². The van der Waals surface area contributed by atoms with Crippen molar-refractivity contribution in [3.63, 3.8) is 0 Å². The van der Waals surface area contributed by atoms with Crippen LogP contribution in [-0.4, -0.2) is 29.8 Å². The Balaban J connectivity index is 1.94. The molecule has 2 aromatic rings. The van der Waals surface area contributed by atoms with E-state index in [0.717, 1.165) is 24.1 Å². The first-order valence-corrected chi connectivity index (χ1v) is 7.24. The second-order valence-corrected chi connectivity index (χ2v) is 5.01. The van der Waals surface area contributed by atoms with Crippen LogP contribution in [-0.2, 0) is 11.2 Å². The van der Waals surface area contributed by atoms with Crippen LogP contribution in [0.2, 0.25) is 0 Å². The van der Waals surface area contributed by atoms with Gasteiger partial charge < -0.3 is 10.1 Å². The number of nitrogens with zero attached hydrogens (tertiary/aromatic N) is 1. The molecular formula is C16H20FN3O2. The molecule has 0 aliphatic carbocycles. The van der Waals surface area contributed by atoms with Gasteiger partial charge >= 0.3 is 0 Å². The molecular weight excluding hydrogens is 285 g/mol. The van der Waals surface area contributed by atoms with E-state index >= 15 is 0 Å². The van der Waals surface area contributed by atoms with Gasteiger partial charge in [0.05, 0.1) is 6.10 Å². The van der Waals surface area contributed by atoms with Crippen molar-refractivity contribution < 1.29 is 13.9 Å². The summed E-state index contributed by atoms with van der Waals surface area (Å²) in [7, 11) is 1.55. The highest BCUT2D eigenvalue weighted by molar-refractivity contribution is 5.92. The minimum Gasteiger partial charge on any atom is -0.375 e. The Morgan fingerprint density at radius 3 is 2.77 bits per heavy atom. The van der Waals surface area contributed by atoms with E-state index < -0.39 is 0 Å². The number of carbonyl (C=O) groups is 1. The van der Waals surface area contributed by atoms with Crippen molar-refractivity contribution in [1.82, 2.24) is 15.5 Å². The summed E-state index contributed by atoms with van der Waals surface area (Å²) in [5, 5.41) is 9.62. The Labute approximate surface area is 128 Å². The molecule has 0 saturated heterocycles. The number of methoxy groups -OCH3 is 1. The van der Waals surface area contributed by atoms with Gasteiger partial charge in [0.2, 0.25) is 0 Å². The predicted molar refractivity (Wildman–Crippen MR) is 81.1 cm³/mol. The first kappa shape index (κ1) is 16.2. The maximum atomic E-state index is 12.9. The van der Waals surface area contributed by atoms with E-state index in [1.165, 1.54) is 12.1 Å². The zero-order valence-electron chi connectivity index (χ0n) is 12.7. The monoisotopic (exact) mass is 305 g/mol. The van der Waals surface area contributed by atoms with Gasteiger partial charge in [-0.15, -0.1) is 0 Å². The van der Waals surface area contributed by atoms with E-state index in [0.29, 0.717) is 5.69 Å². The second kappa shape index (κ2) is 7.70. The van der Waals surface area contributed by atoms with Crippen molar-refractivity contribution in [2.75, 3.05) is 13.7 Å². The molecule has 1 amide bonds. The summed E-state index contributed by atoms with van der Waals surface area (Å²) in [6.45, 7) is 2.35. The van der Waals surface area contributed by atoms with Crippen molar-refractivity contribution in [3.8, 4) is 0 Å². The van der Waals surface area contributed by atoms with Crippen LogP contribution in [0.25, 0.3) is 0 Å². The number of halogens is 1. The van der Waals surface area contributed by atoms with Crippen LogP contribution in [0, 0.1) is 5.82 Å². The number of carbonyl (C=O) groups excluding carboxylic acids is 1. The number of nitrogens with one attached hydrogen (secondary N) is 2. The maximum Gasteiger partial charge on any atom is 0.271 e. The van der Waals surface area contributed by atoms with Crippen molar-refractivity contribution in [2.45, 2.75) is 25.9 Å². The molecule has 5 nitrogen and oxygen atoms in total. The number of aromatic nitrogens is 2. The van der Waals surface area contributed by atoms with Gasteiger partial charge in [-0.3, -0.25) is 9.89 Å².